The molecule has 4 aliphatic rings. The number of fused-ring (bicyclic) bond motifs is 2. The molecule has 0 radical (unpaired) electrons. The molecule has 3 fully saturated rings. The maximum absolute atomic E-state index is 14.5. The van der Waals surface area contributed by atoms with Crippen molar-refractivity contribution in [3.8, 4) is 18.5 Å². The van der Waals surface area contributed by atoms with Gasteiger partial charge in [0.25, 0.3) is 0 Å². The van der Waals surface area contributed by atoms with Crippen LogP contribution >= 0.6 is 0 Å². The van der Waals surface area contributed by atoms with E-state index >= 15 is 0 Å². The molecule has 0 amide bonds. The number of benzene rings is 1. The highest BCUT2D eigenvalue weighted by molar-refractivity contribution is 5.63. The Labute approximate surface area is 257 Å². The first kappa shape index (κ1) is 31.1. The van der Waals surface area contributed by atoms with Gasteiger partial charge in [0.2, 0.25) is 0 Å². The summed E-state index contributed by atoms with van der Waals surface area (Å²) in [6, 6.07) is 8.73. The molecule has 3 aliphatic heterocycles. The third kappa shape index (κ3) is 6.04. The molecule has 3 saturated heterocycles. The normalized spacial score (nSPS) is 27.0. The van der Waals surface area contributed by atoms with E-state index in [0.29, 0.717) is 36.2 Å². The Morgan fingerprint density at radius 2 is 2.02 bits per heavy atom. The van der Waals surface area contributed by atoms with Crippen LogP contribution in [-0.2, 0) is 19.3 Å². The van der Waals surface area contributed by atoms with Gasteiger partial charge in [0.15, 0.2) is 0 Å². The van der Waals surface area contributed by atoms with Gasteiger partial charge in [-0.2, -0.15) is 5.26 Å². The maximum atomic E-state index is 14.5. The Balaban J connectivity index is 0.00000118. The molecule has 1 aliphatic carbocycles. The lowest BCUT2D eigenvalue weighted by atomic mass is 9.76. The molecule has 0 saturated carbocycles. The Morgan fingerprint density at radius 1 is 1.23 bits per heavy atom. The molecule has 8 heteroatoms. The summed E-state index contributed by atoms with van der Waals surface area (Å²) in [6.45, 7) is 9.41. The molecule has 3 unspecified atom stereocenters. The number of nitrogen functional groups attached to an aromatic ring is 1. The van der Waals surface area contributed by atoms with E-state index in [-0.39, 0.29) is 11.5 Å². The van der Waals surface area contributed by atoms with Gasteiger partial charge in [-0.1, -0.05) is 26.3 Å². The summed E-state index contributed by atoms with van der Waals surface area (Å²) in [4.78, 5) is 15.4. The molecule has 6 rings (SSSR count). The topological polar surface area (TPSA) is 108 Å². The molecule has 230 valence electrons. The lowest BCUT2D eigenvalue weighted by Gasteiger charge is -2.34. The first-order valence-corrected chi connectivity index (χ1v) is 16.3. The van der Waals surface area contributed by atoms with E-state index in [9.17, 15) is 9.65 Å². The van der Waals surface area contributed by atoms with Crippen molar-refractivity contribution in [1.82, 2.24) is 14.9 Å². The Bertz CT molecular complexity index is 1390. The number of nitrogens with zero attached hydrogens (tertiary/aromatic N) is 5. The number of hydrogen-bond acceptors (Lipinski definition) is 7. The summed E-state index contributed by atoms with van der Waals surface area (Å²) >= 11 is 0. The molecule has 1 aromatic heterocycles. The molecule has 2 aromatic rings. The summed E-state index contributed by atoms with van der Waals surface area (Å²) in [5.41, 5.74) is 16.8. The monoisotopic (exact) mass is 585 g/mol. The van der Waals surface area contributed by atoms with E-state index in [2.05, 4.69) is 54.9 Å². The predicted molar refractivity (Wildman–Crippen MR) is 172 cm³/mol. The van der Waals surface area contributed by atoms with Crippen molar-refractivity contribution >= 4 is 11.5 Å². The van der Waals surface area contributed by atoms with Gasteiger partial charge < -0.3 is 16.4 Å². The van der Waals surface area contributed by atoms with Crippen LogP contribution < -0.4 is 16.4 Å². The van der Waals surface area contributed by atoms with E-state index in [0.717, 1.165) is 87.4 Å². The summed E-state index contributed by atoms with van der Waals surface area (Å²) in [6.07, 6.45) is 14.4. The molecule has 43 heavy (non-hydrogen) atoms. The van der Waals surface area contributed by atoms with Crippen LogP contribution in [0, 0.1) is 23.8 Å². The van der Waals surface area contributed by atoms with Crippen molar-refractivity contribution in [1.29, 1.82) is 5.26 Å². The Morgan fingerprint density at radius 3 is 2.72 bits per heavy atom. The quantitative estimate of drug-likeness (QED) is 0.242. The Hall–Kier alpha value is -3.36. The first-order valence-electron chi connectivity index (χ1n) is 16.3. The molecular weight excluding hydrogens is 537 g/mol. The van der Waals surface area contributed by atoms with Gasteiger partial charge in [0.1, 0.15) is 23.9 Å². The van der Waals surface area contributed by atoms with Gasteiger partial charge >= 0.3 is 0 Å². The summed E-state index contributed by atoms with van der Waals surface area (Å²) in [5, 5.41) is 10.1. The minimum absolute atomic E-state index is 0.0171. The maximum Gasteiger partial charge on any atom is 0.136 e. The van der Waals surface area contributed by atoms with Crippen LogP contribution in [0.5, 0.6) is 0 Å². The van der Waals surface area contributed by atoms with Crippen molar-refractivity contribution < 1.29 is 4.39 Å². The van der Waals surface area contributed by atoms with Crippen LogP contribution in [0.2, 0.25) is 0 Å². The number of terminal acetylenes is 1. The van der Waals surface area contributed by atoms with Crippen molar-refractivity contribution in [2.75, 3.05) is 30.3 Å². The predicted octanol–water partition coefficient (Wildman–Crippen LogP) is 5.75. The minimum atomic E-state index is -0.709. The van der Waals surface area contributed by atoms with Crippen LogP contribution in [-0.4, -0.2) is 52.3 Å². The number of nitriles is 1. The van der Waals surface area contributed by atoms with Crippen LogP contribution in [0.1, 0.15) is 118 Å². The van der Waals surface area contributed by atoms with Crippen LogP contribution in [0.15, 0.2) is 12.1 Å². The average Bonchev–Trinajstić information content (AvgIpc) is 3.68. The largest absolute Gasteiger partial charge is 0.398 e. The lowest BCUT2D eigenvalue weighted by molar-refractivity contribution is 0.181. The van der Waals surface area contributed by atoms with Gasteiger partial charge in [-0.15, -0.1) is 0 Å². The van der Waals surface area contributed by atoms with E-state index in [1.165, 1.54) is 24.0 Å². The van der Waals surface area contributed by atoms with Crippen molar-refractivity contribution in [3.63, 3.8) is 0 Å². The molecule has 0 bridgehead atoms. The van der Waals surface area contributed by atoms with Crippen LogP contribution in [0.25, 0.3) is 0 Å². The van der Waals surface area contributed by atoms with E-state index in [1.54, 1.807) is 6.04 Å². The molecule has 4 heterocycles. The zero-order chi connectivity index (χ0) is 30.7. The van der Waals surface area contributed by atoms with Gasteiger partial charge in [0, 0.05) is 42.3 Å². The molecule has 0 spiro atoms. The number of nitrogens with two attached hydrogens (primary N) is 2. The third-order valence-electron chi connectivity index (χ3n) is 10.7. The lowest BCUT2D eigenvalue weighted by Crippen LogP contribution is -2.38. The molecular formula is C35H48FN7. The molecule has 5 atom stereocenters. The summed E-state index contributed by atoms with van der Waals surface area (Å²) < 4.78 is 14.5. The summed E-state index contributed by atoms with van der Waals surface area (Å²) in [5.74, 6) is 2.62. The fourth-order valence-corrected chi connectivity index (χ4v) is 8.31. The average molecular weight is 586 g/mol. The van der Waals surface area contributed by atoms with E-state index in [1.807, 2.05) is 6.07 Å². The van der Waals surface area contributed by atoms with Crippen molar-refractivity contribution in [3.05, 3.63) is 45.9 Å². The SMILES string of the molecule is C#CN.CC[C@H](C)c1ccc(N)c(C#N)c1C1CCc2c(nc(CC[C@@]34CCCN3CC(F)C4)nc2N2CCCC2C)C1. The molecule has 4 N–H and O–H groups in total. The number of alkyl halides is 1. The molecule has 7 nitrogen and oxygen atoms in total. The number of aryl methyl sites for hydroxylation is 1. The number of halogens is 1. The fourth-order valence-electron chi connectivity index (χ4n) is 8.31. The minimum Gasteiger partial charge on any atom is -0.398 e. The second-order valence-corrected chi connectivity index (χ2v) is 13.2. The highest BCUT2D eigenvalue weighted by Crippen LogP contribution is 2.45. The summed E-state index contributed by atoms with van der Waals surface area (Å²) in [7, 11) is 0. The van der Waals surface area contributed by atoms with Crippen molar-refractivity contribution in [2.24, 2.45) is 5.73 Å². The van der Waals surface area contributed by atoms with Crippen LogP contribution in [0.3, 0.4) is 0 Å². The smallest absolute Gasteiger partial charge is 0.136 e. The Kier molecular flexibility index (Phi) is 9.47. The zero-order valence-electron chi connectivity index (χ0n) is 26.2. The number of aromatic nitrogens is 2. The van der Waals surface area contributed by atoms with Gasteiger partial charge in [-0.25, -0.2) is 14.4 Å². The number of anilines is 2. The highest BCUT2D eigenvalue weighted by atomic mass is 19.1. The highest BCUT2D eigenvalue weighted by Gasteiger charge is 2.48. The van der Waals surface area contributed by atoms with Gasteiger partial charge in [-0.3, -0.25) is 4.90 Å². The van der Waals surface area contributed by atoms with E-state index < -0.39 is 6.17 Å². The van der Waals surface area contributed by atoms with Gasteiger partial charge in [0.05, 0.1) is 11.3 Å². The number of hydrogen-bond donors (Lipinski definition) is 2. The van der Waals surface area contributed by atoms with Crippen molar-refractivity contribution in [2.45, 2.75) is 121 Å². The second-order valence-electron chi connectivity index (χ2n) is 13.2. The second kappa shape index (κ2) is 13.1. The standard InChI is InChI=1S/C33H45FN6.C2H3N/c1-4-21(2)25-10-11-28(36)27(19-35)31(25)23-8-9-26-29(17-23)37-30(38-32(26)40-16-5-7-22(40)3)12-14-33-13-6-15-39(33)20-24(34)18-33;1-2-3/h10-11,21-24H,4-9,12-18,20,36H2,1-3H3;1H,3H2/t21-,22?,23?,24?,33+;/m0./s1. The van der Waals surface area contributed by atoms with E-state index in [4.69, 9.17) is 15.7 Å². The van der Waals surface area contributed by atoms with Gasteiger partial charge in [-0.05, 0) is 113 Å². The number of rotatable bonds is 7. The zero-order valence-corrected chi connectivity index (χ0v) is 26.2. The first-order chi connectivity index (χ1) is 20.7. The third-order valence-corrected chi connectivity index (χ3v) is 10.7. The molecule has 1 aromatic carbocycles. The fraction of sp³-hybridized carbons (Fsp3) is 0.629. The van der Waals surface area contributed by atoms with Crippen LogP contribution in [0.4, 0.5) is 15.9 Å².